The number of nitrogens with zero attached hydrogens (tertiary/aromatic N) is 2. The van der Waals surface area contributed by atoms with Crippen molar-refractivity contribution in [2.75, 3.05) is 27.8 Å². The van der Waals surface area contributed by atoms with Gasteiger partial charge in [0, 0.05) is 59.0 Å². The summed E-state index contributed by atoms with van der Waals surface area (Å²) in [7, 11) is -3.72. The van der Waals surface area contributed by atoms with E-state index in [2.05, 4.69) is 71.1 Å². The van der Waals surface area contributed by atoms with Crippen LogP contribution in [0.4, 0.5) is 0 Å². The van der Waals surface area contributed by atoms with Crippen LogP contribution in [0.25, 0.3) is 44.0 Å². The molecule has 0 saturated carbocycles. The molecule has 2 aromatic heterocycles. The molecule has 0 unspecified atom stereocenters. The molecule has 2 N–H and O–H groups in total. The molecule has 14 heteroatoms. The van der Waals surface area contributed by atoms with E-state index in [-0.39, 0.29) is 22.0 Å². The fourth-order valence-corrected chi connectivity index (χ4v) is 8.90. The van der Waals surface area contributed by atoms with E-state index >= 15 is 0 Å². The third-order valence-electron chi connectivity index (χ3n) is 10.2. The Bertz CT molecular complexity index is 3040. The highest BCUT2D eigenvalue weighted by Gasteiger charge is 2.23. The second-order valence-corrected chi connectivity index (χ2v) is 16.8. The minimum Gasteiger partial charge on any atom is -0.493 e. The maximum Gasteiger partial charge on any atom is 0.295 e. The Hall–Kier alpha value is -6.29. The summed E-state index contributed by atoms with van der Waals surface area (Å²) in [4.78, 5) is 14.2. The van der Waals surface area contributed by atoms with Gasteiger partial charge in [-0.2, -0.15) is 16.8 Å². The third kappa shape index (κ3) is 8.69. The third-order valence-corrected chi connectivity index (χ3v) is 12.1. The highest BCUT2D eigenvalue weighted by molar-refractivity contribution is 7.86. The molecule has 308 valence electrons. The summed E-state index contributed by atoms with van der Waals surface area (Å²) in [6.07, 6.45) is 1.15. The SMILES string of the molecule is CN1CCc2c(c3ccccc3n2Cc2ccccc2)C1.COc1c(-c2ccccc2)oc2c(OC)cccc2c1=O.O=S(=O)(O)c1cccc2c(S(=O)(=O)O)cccc12. The highest BCUT2D eigenvalue weighted by atomic mass is 32.2. The van der Waals surface area contributed by atoms with Gasteiger partial charge in [0.2, 0.25) is 11.2 Å². The molecule has 0 spiro atoms. The summed E-state index contributed by atoms with van der Waals surface area (Å²) in [6, 6.07) is 41.7. The standard InChI is InChI=1S/C19H20N2.C17H14O4.C10H8O6S2/c1-20-12-11-19-17(14-20)16-9-5-6-10-18(16)21(19)13-15-7-3-2-4-8-15;1-19-13-10-6-9-12-14(18)17(20-2)15(21-16(12)13)11-7-4-3-5-8-11;11-17(12,13)9-5-1-3-7-8(9)4-2-6-10(7)18(14,15)16/h2-10H,11-14H2,1H3;3-10H,1-2H3;1-6H,(H,11,12,13)(H,14,15,16). The monoisotopic (exact) mass is 846 g/mol. The number of para-hydroxylation sites is 2. The maximum atomic E-state index is 12.6. The van der Waals surface area contributed by atoms with Gasteiger partial charge in [-0.25, -0.2) is 0 Å². The lowest BCUT2D eigenvalue weighted by molar-refractivity contribution is 0.310. The number of fused-ring (bicyclic) bond motifs is 5. The first-order valence-corrected chi connectivity index (χ1v) is 21.7. The van der Waals surface area contributed by atoms with Crippen LogP contribution in [-0.4, -0.2) is 63.2 Å². The normalized spacial score (nSPS) is 12.9. The summed E-state index contributed by atoms with van der Waals surface area (Å²) in [6.45, 7) is 3.19. The summed E-state index contributed by atoms with van der Waals surface area (Å²) in [5.74, 6) is 1.12. The molecule has 0 amide bonds. The van der Waals surface area contributed by atoms with Crippen molar-refractivity contribution in [2.45, 2.75) is 29.3 Å². The first-order chi connectivity index (χ1) is 28.8. The molecule has 1 aliphatic heterocycles. The molecule has 0 radical (unpaired) electrons. The van der Waals surface area contributed by atoms with E-state index in [0.717, 1.165) is 43.8 Å². The minimum absolute atomic E-state index is 0.0233. The molecule has 6 aromatic carbocycles. The lowest BCUT2D eigenvalue weighted by atomic mass is 10.1. The van der Waals surface area contributed by atoms with Crippen molar-refractivity contribution in [3.05, 3.63) is 167 Å². The number of aromatic nitrogens is 1. The minimum atomic E-state index is -4.47. The van der Waals surface area contributed by atoms with Gasteiger partial charge in [-0.1, -0.05) is 109 Å². The second-order valence-electron chi connectivity index (χ2n) is 14.1. The van der Waals surface area contributed by atoms with Gasteiger partial charge in [0.15, 0.2) is 17.1 Å². The van der Waals surface area contributed by atoms with E-state index in [4.69, 9.17) is 23.0 Å². The highest BCUT2D eigenvalue weighted by Crippen LogP contribution is 2.35. The predicted molar refractivity (Wildman–Crippen MR) is 232 cm³/mol. The zero-order chi connectivity index (χ0) is 42.6. The Labute approximate surface area is 347 Å². The number of likely N-dealkylation sites (N-methyl/N-ethyl adjacent to an activating group) is 1. The van der Waals surface area contributed by atoms with Crippen molar-refractivity contribution in [3.63, 3.8) is 0 Å². The summed E-state index contributed by atoms with van der Waals surface area (Å²) < 4.78 is 81.7. The number of hydrogen-bond donors (Lipinski definition) is 2. The zero-order valence-electron chi connectivity index (χ0n) is 33.0. The Morgan fingerprint density at radius 3 is 1.80 bits per heavy atom. The Morgan fingerprint density at radius 1 is 0.650 bits per heavy atom. The second kappa shape index (κ2) is 17.5. The molecule has 3 heterocycles. The molecular weight excluding hydrogens is 805 g/mol. The predicted octanol–water partition coefficient (Wildman–Crippen LogP) is 8.49. The van der Waals surface area contributed by atoms with Crippen LogP contribution in [0.3, 0.4) is 0 Å². The van der Waals surface area contributed by atoms with Crippen LogP contribution in [0.5, 0.6) is 11.5 Å². The van der Waals surface area contributed by atoms with Gasteiger partial charge in [0.25, 0.3) is 20.2 Å². The fraction of sp³-hybridized carbons (Fsp3) is 0.152. The van der Waals surface area contributed by atoms with Gasteiger partial charge in [0.1, 0.15) is 9.79 Å². The fourth-order valence-electron chi connectivity index (χ4n) is 7.48. The lowest BCUT2D eigenvalue weighted by Crippen LogP contribution is -2.27. The number of hydrogen-bond acceptors (Lipinski definition) is 9. The molecule has 0 bridgehead atoms. The molecule has 0 aliphatic carbocycles. The van der Waals surface area contributed by atoms with Crippen LogP contribution < -0.4 is 14.9 Å². The zero-order valence-corrected chi connectivity index (χ0v) is 34.6. The summed E-state index contributed by atoms with van der Waals surface area (Å²) >= 11 is 0. The lowest BCUT2D eigenvalue weighted by Gasteiger charge is -2.24. The van der Waals surface area contributed by atoms with Crippen molar-refractivity contribution in [2.24, 2.45) is 0 Å². The van der Waals surface area contributed by atoms with Gasteiger partial charge < -0.3 is 23.4 Å². The maximum absolute atomic E-state index is 12.6. The topological polar surface area (TPSA) is 166 Å². The quantitative estimate of drug-likeness (QED) is 0.148. The van der Waals surface area contributed by atoms with Crippen LogP contribution >= 0.6 is 0 Å². The van der Waals surface area contributed by atoms with Crippen molar-refractivity contribution >= 4 is 52.9 Å². The molecule has 12 nitrogen and oxygen atoms in total. The first-order valence-electron chi connectivity index (χ1n) is 18.8. The average Bonchev–Trinajstić information content (AvgIpc) is 3.55. The van der Waals surface area contributed by atoms with Crippen molar-refractivity contribution in [3.8, 4) is 22.8 Å². The first kappa shape index (κ1) is 41.9. The molecule has 60 heavy (non-hydrogen) atoms. The Morgan fingerprint density at radius 2 is 1.20 bits per heavy atom. The Kier molecular flexibility index (Phi) is 12.2. The number of rotatable bonds is 7. The molecule has 0 saturated heterocycles. The largest absolute Gasteiger partial charge is 0.493 e. The van der Waals surface area contributed by atoms with E-state index < -0.39 is 30.0 Å². The number of benzene rings is 6. The van der Waals surface area contributed by atoms with Crippen molar-refractivity contribution in [1.82, 2.24) is 9.47 Å². The van der Waals surface area contributed by atoms with Crippen LogP contribution in [0.2, 0.25) is 0 Å². The molecule has 1 aliphatic rings. The van der Waals surface area contributed by atoms with E-state index in [1.807, 2.05) is 30.3 Å². The van der Waals surface area contributed by atoms with Gasteiger partial charge >= 0.3 is 0 Å². The molecule has 8 aromatic rings. The van der Waals surface area contributed by atoms with E-state index in [9.17, 15) is 21.6 Å². The van der Waals surface area contributed by atoms with Crippen LogP contribution in [-0.2, 0) is 39.7 Å². The molecule has 9 rings (SSSR count). The summed E-state index contributed by atoms with van der Waals surface area (Å²) in [5.41, 5.74) is 6.79. The molecular formula is C46H42N2O10S2. The van der Waals surface area contributed by atoms with Crippen molar-refractivity contribution in [1.29, 1.82) is 0 Å². The molecule has 0 fully saturated rings. The van der Waals surface area contributed by atoms with Crippen LogP contribution in [0.15, 0.2) is 159 Å². The van der Waals surface area contributed by atoms with E-state index in [0.29, 0.717) is 22.5 Å². The van der Waals surface area contributed by atoms with Gasteiger partial charge in [0.05, 0.1) is 19.6 Å². The number of methoxy groups -OCH3 is 2. The van der Waals surface area contributed by atoms with E-state index in [1.54, 1.807) is 25.3 Å². The average molecular weight is 847 g/mol. The number of ether oxygens (including phenoxy) is 2. The van der Waals surface area contributed by atoms with Gasteiger partial charge in [-0.05, 0) is 48.5 Å². The van der Waals surface area contributed by atoms with Gasteiger partial charge in [-0.15, -0.1) is 0 Å². The van der Waals surface area contributed by atoms with Crippen molar-refractivity contribution < 1.29 is 39.8 Å². The van der Waals surface area contributed by atoms with E-state index in [1.165, 1.54) is 59.1 Å². The van der Waals surface area contributed by atoms with Gasteiger partial charge in [-0.3, -0.25) is 13.9 Å². The molecule has 0 atom stereocenters. The smallest absolute Gasteiger partial charge is 0.295 e. The summed E-state index contributed by atoms with van der Waals surface area (Å²) in [5, 5.41) is 1.91. The Balaban J connectivity index is 0.000000137. The van der Waals surface area contributed by atoms with Crippen LogP contribution in [0, 0.1) is 0 Å². The van der Waals surface area contributed by atoms with Crippen LogP contribution in [0.1, 0.15) is 16.8 Å².